The number of halogens is 1. The highest BCUT2D eigenvalue weighted by Crippen LogP contribution is 2.36. The molecule has 0 spiro atoms. The molecule has 0 bridgehead atoms. The zero-order chi connectivity index (χ0) is 14.8. The minimum Gasteiger partial charge on any atom is -0.454 e. The molecule has 0 atom stereocenters. The van der Waals surface area contributed by atoms with E-state index in [-0.39, 0.29) is 12.6 Å². The van der Waals surface area contributed by atoms with Crippen molar-refractivity contribution in [2.75, 3.05) is 46.1 Å². The van der Waals surface area contributed by atoms with Crippen molar-refractivity contribution >= 4 is 17.4 Å². The Morgan fingerprint density at radius 1 is 1.14 bits per heavy atom. The van der Waals surface area contributed by atoms with E-state index < -0.39 is 0 Å². The number of likely N-dealkylation sites (N-methyl/N-ethyl adjacent to an activating group) is 1. The van der Waals surface area contributed by atoms with Gasteiger partial charge in [-0.3, -0.25) is 9.69 Å². The molecule has 0 saturated carbocycles. The minimum atomic E-state index is 0.0308. The van der Waals surface area contributed by atoms with Crippen LogP contribution in [0.4, 0.5) is 0 Å². The molecule has 1 saturated heterocycles. The summed E-state index contributed by atoms with van der Waals surface area (Å²) >= 11 is 6.18. The fourth-order valence-corrected chi connectivity index (χ4v) is 2.94. The summed E-state index contributed by atoms with van der Waals surface area (Å²) in [7, 11) is 0. The van der Waals surface area contributed by atoms with E-state index in [1.807, 2.05) is 0 Å². The van der Waals surface area contributed by atoms with Gasteiger partial charge in [0.1, 0.15) is 0 Å². The van der Waals surface area contributed by atoms with E-state index in [1.54, 1.807) is 12.1 Å². The highest BCUT2D eigenvalue weighted by molar-refractivity contribution is 6.34. The van der Waals surface area contributed by atoms with Crippen LogP contribution in [-0.2, 0) is 0 Å². The van der Waals surface area contributed by atoms with Crippen molar-refractivity contribution in [3.05, 3.63) is 22.7 Å². The van der Waals surface area contributed by atoms with Gasteiger partial charge in [0.25, 0.3) is 0 Å². The van der Waals surface area contributed by atoms with Crippen LogP contribution in [0.5, 0.6) is 11.5 Å². The van der Waals surface area contributed by atoms with E-state index in [2.05, 4.69) is 16.7 Å². The number of ether oxygens (including phenoxy) is 2. The topological polar surface area (TPSA) is 42.0 Å². The lowest BCUT2D eigenvalue weighted by Gasteiger charge is -2.33. The van der Waals surface area contributed by atoms with Gasteiger partial charge < -0.3 is 14.4 Å². The maximum Gasteiger partial charge on any atom is 0.231 e. The van der Waals surface area contributed by atoms with Crippen LogP contribution in [0.1, 0.15) is 17.3 Å². The summed E-state index contributed by atoms with van der Waals surface area (Å²) in [6.07, 6.45) is 0. The lowest BCUT2D eigenvalue weighted by atomic mass is 10.1. The van der Waals surface area contributed by atoms with Crippen LogP contribution in [-0.4, -0.2) is 61.6 Å². The fraction of sp³-hybridized carbons (Fsp3) is 0.533. The second kappa shape index (κ2) is 6.22. The van der Waals surface area contributed by atoms with Gasteiger partial charge in [0.2, 0.25) is 6.79 Å². The second-order valence-electron chi connectivity index (χ2n) is 5.32. The first-order valence-electron chi connectivity index (χ1n) is 7.24. The van der Waals surface area contributed by atoms with Gasteiger partial charge >= 0.3 is 0 Å². The number of hydrogen-bond donors (Lipinski definition) is 0. The molecule has 3 rings (SSSR count). The van der Waals surface area contributed by atoms with E-state index in [1.165, 1.54) is 0 Å². The number of carbonyl (C=O) groups excluding carboxylic acids is 1. The molecule has 0 amide bonds. The minimum absolute atomic E-state index is 0.0308. The lowest BCUT2D eigenvalue weighted by molar-refractivity contribution is 0.0859. The quantitative estimate of drug-likeness (QED) is 0.795. The van der Waals surface area contributed by atoms with Gasteiger partial charge in [0.05, 0.1) is 11.6 Å². The number of fused-ring (bicyclic) bond motifs is 1. The first-order valence-corrected chi connectivity index (χ1v) is 7.62. The molecular weight excluding hydrogens is 292 g/mol. The first kappa shape index (κ1) is 14.6. The van der Waals surface area contributed by atoms with Gasteiger partial charge in [-0.1, -0.05) is 18.5 Å². The van der Waals surface area contributed by atoms with Crippen molar-refractivity contribution in [2.24, 2.45) is 0 Å². The van der Waals surface area contributed by atoms with E-state index in [9.17, 15) is 4.79 Å². The van der Waals surface area contributed by atoms with E-state index >= 15 is 0 Å². The number of hydrogen-bond acceptors (Lipinski definition) is 5. The first-order chi connectivity index (χ1) is 10.2. The number of ketones is 1. The van der Waals surface area contributed by atoms with Crippen molar-refractivity contribution in [3.8, 4) is 11.5 Å². The Kier molecular flexibility index (Phi) is 4.33. The van der Waals surface area contributed by atoms with Gasteiger partial charge in [-0.15, -0.1) is 0 Å². The Bertz CT molecular complexity index is 542. The van der Waals surface area contributed by atoms with Crippen molar-refractivity contribution in [1.29, 1.82) is 0 Å². The zero-order valence-electron chi connectivity index (χ0n) is 12.1. The molecule has 5 nitrogen and oxygen atoms in total. The molecule has 0 N–H and O–H groups in total. The number of Topliss-reactive ketones (excluding diaryl/α,β-unsaturated/α-hetero) is 1. The zero-order valence-corrected chi connectivity index (χ0v) is 12.9. The van der Waals surface area contributed by atoms with Crippen molar-refractivity contribution in [1.82, 2.24) is 9.80 Å². The molecular formula is C15H19ClN2O3. The maximum atomic E-state index is 12.4. The highest BCUT2D eigenvalue weighted by Gasteiger charge is 2.23. The van der Waals surface area contributed by atoms with Gasteiger partial charge in [-0.05, 0) is 12.6 Å². The van der Waals surface area contributed by atoms with Gasteiger partial charge in [-0.25, -0.2) is 0 Å². The number of benzene rings is 1. The van der Waals surface area contributed by atoms with Crippen LogP contribution in [0.2, 0.25) is 5.02 Å². The van der Waals surface area contributed by atoms with Crippen LogP contribution in [0, 0.1) is 0 Å². The molecule has 0 aliphatic carbocycles. The summed E-state index contributed by atoms with van der Waals surface area (Å²) in [5.41, 5.74) is 0.513. The third-order valence-corrected chi connectivity index (χ3v) is 4.35. The van der Waals surface area contributed by atoms with Crippen LogP contribution in [0.25, 0.3) is 0 Å². The third-order valence-electron chi connectivity index (χ3n) is 4.04. The molecule has 6 heteroatoms. The van der Waals surface area contributed by atoms with Crippen LogP contribution in [0.3, 0.4) is 0 Å². The van der Waals surface area contributed by atoms with E-state index in [4.69, 9.17) is 21.1 Å². The average Bonchev–Trinajstić information content (AvgIpc) is 2.94. The summed E-state index contributed by atoms with van der Waals surface area (Å²) < 4.78 is 10.6. The smallest absolute Gasteiger partial charge is 0.231 e. The normalized spacial score (nSPS) is 19.0. The van der Waals surface area contributed by atoms with E-state index in [0.29, 0.717) is 28.6 Å². The third kappa shape index (κ3) is 3.15. The monoisotopic (exact) mass is 310 g/mol. The van der Waals surface area contributed by atoms with E-state index in [0.717, 1.165) is 32.7 Å². The Labute approximate surface area is 129 Å². The molecule has 1 fully saturated rings. The Balaban J connectivity index is 1.66. The summed E-state index contributed by atoms with van der Waals surface area (Å²) in [6.45, 7) is 7.67. The Hall–Kier alpha value is -1.30. The molecule has 114 valence electrons. The predicted octanol–water partition coefficient (Wildman–Crippen LogP) is 1.89. The second-order valence-corrected chi connectivity index (χ2v) is 5.73. The molecule has 2 aliphatic heterocycles. The molecule has 0 aromatic heterocycles. The molecule has 2 heterocycles. The van der Waals surface area contributed by atoms with Crippen molar-refractivity contribution in [3.63, 3.8) is 0 Å². The summed E-state index contributed by atoms with van der Waals surface area (Å²) in [6, 6.07) is 3.35. The predicted molar refractivity (Wildman–Crippen MR) is 80.5 cm³/mol. The summed E-state index contributed by atoms with van der Waals surface area (Å²) in [5, 5.41) is 0.427. The average molecular weight is 311 g/mol. The number of carbonyl (C=O) groups is 1. The van der Waals surface area contributed by atoms with Crippen LogP contribution < -0.4 is 9.47 Å². The van der Waals surface area contributed by atoms with Crippen molar-refractivity contribution in [2.45, 2.75) is 6.92 Å². The molecule has 1 aromatic carbocycles. The molecule has 1 aromatic rings. The molecule has 2 aliphatic rings. The SMILES string of the molecule is CCN1CCN(CC(=O)c2cc3c(cc2Cl)OCO3)CC1. The van der Waals surface area contributed by atoms with Gasteiger partial charge in [0.15, 0.2) is 17.3 Å². The number of piperazine rings is 1. The highest BCUT2D eigenvalue weighted by atomic mass is 35.5. The standard InChI is InChI=1S/C15H19ClN2O3/c1-2-17-3-5-18(6-4-17)9-13(19)11-7-14-15(8-12(11)16)21-10-20-14/h7-8H,2-6,9-10H2,1H3. The maximum absolute atomic E-state index is 12.4. The Morgan fingerprint density at radius 2 is 1.76 bits per heavy atom. The number of nitrogens with zero attached hydrogens (tertiary/aromatic N) is 2. The molecule has 0 radical (unpaired) electrons. The summed E-state index contributed by atoms with van der Waals surface area (Å²) in [5.74, 6) is 1.23. The van der Waals surface area contributed by atoms with Crippen molar-refractivity contribution < 1.29 is 14.3 Å². The van der Waals surface area contributed by atoms with Gasteiger partial charge in [-0.2, -0.15) is 0 Å². The Morgan fingerprint density at radius 3 is 2.43 bits per heavy atom. The van der Waals surface area contributed by atoms with Gasteiger partial charge in [0, 0.05) is 37.8 Å². The molecule has 0 unspecified atom stereocenters. The van der Waals surface area contributed by atoms with Crippen LogP contribution in [0.15, 0.2) is 12.1 Å². The number of rotatable bonds is 4. The summed E-state index contributed by atoms with van der Waals surface area (Å²) in [4.78, 5) is 17.0. The molecule has 21 heavy (non-hydrogen) atoms. The largest absolute Gasteiger partial charge is 0.454 e. The van der Waals surface area contributed by atoms with Crippen LogP contribution >= 0.6 is 11.6 Å². The fourth-order valence-electron chi connectivity index (χ4n) is 2.68. The lowest BCUT2D eigenvalue weighted by Crippen LogP contribution is -2.47.